The van der Waals surface area contributed by atoms with Crippen molar-refractivity contribution in [2.45, 2.75) is 25.7 Å². The Morgan fingerprint density at radius 2 is 1.23 bits per heavy atom. The molecule has 0 aliphatic heterocycles. The third kappa shape index (κ3) is 5.56. The number of esters is 2. The molecule has 4 nitrogen and oxygen atoms in total. The van der Waals surface area contributed by atoms with Crippen molar-refractivity contribution in [3.05, 3.63) is 60.7 Å². The fraction of sp³-hybridized carbons (Fsp3) is 0.333. The van der Waals surface area contributed by atoms with E-state index in [2.05, 4.69) is 13.2 Å². The van der Waals surface area contributed by atoms with Crippen LogP contribution in [0.15, 0.2) is 49.6 Å². The molecule has 2 atom stereocenters. The molecule has 4 heteroatoms. The molecule has 0 saturated carbocycles. The van der Waals surface area contributed by atoms with Crippen LogP contribution in [-0.4, -0.2) is 25.2 Å². The summed E-state index contributed by atoms with van der Waals surface area (Å²) < 4.78 is 10.1. The SMILES string of the molecule is C=CC(=O)OCC(C)c1ccc(C(C)COC(=O)C=C)cc1. The van der Waals surface area contributed by atoms with Gasteiger partial charge in [-0.25, -0.2) is 9.59 Å². The van der Waals surface area contributed by atoms with Crippen molar-refractivity contribution in [2.75, 3.05) is 13.2 Å². The minimum Gasteiger partial charge on any atom is -0.462 e. The molecule has 1 rings (SSSR count). The summed E-state index contributed by atoms with van der Waals surface area (Å²) in [5, 5.41) is 0. The number of carbonyl (C=O) groups excluding carboxylic acids is 2. The Balaban J connectivity index is 2.57. The Kier molecular flexibility index (Phi) is 7.09. The molecule has 0 aliphatic rings. The lowest BCUT2D eigenvalue weighted by atomic mass is 9.96. The van der Waals surface area contributed by atoms with Crippen molar-refractivity contribution in [3.63, 3.8) is 0 Å². The van der Waals surface area contributed by atoms with E-state index in [1.54, 1.807) is 0 Å². The van der Waals surface area contributed by atoms with Crippen LogP contribution in [-0.2, 0) is 19.1 Å². The Morgan fingerprint density at radius 1 is 0.909 bits per heavy atom. The summed E-state index contributed by atoms with van der Waals surface area (Å²) in [6.45, 7) is 11.3. The summed E-state index contributed by atoms with van der Waals surface area (Å²) >= 11 is 0. The average Bonchev–Trinajstić information content (AvgIpc) is 2.56. The third-order valence-corrected chi connectivity index (χ3v) is 3.36. The second-order valence-electron chi connectivity index (χ2n) is 5.14. The van der Waals surface area contributed by atoms with Gasteiger partial charge >= 0.3 is 11.9 Å². The van der Waals surface area contributed by atoms with E-state index in [-0.39, 0.29) is 11.8 Å². The van der Waals surface area contributed by atoms with Gasteiger partial charge in [0.15, 0.2) is 0 Å². The van der Waals surface area contributed by atoms with Crippen LogP contribution in [0.25, 0.3) is 0 Å². The number of carbonyl (C=O) groups is 2. The number of ether oxygens (including phenoxy) is 2. The second-order valence-corrected chi connectivity index (χ2v) is 5.14. The summed E-state index contributed by atoms with van der Waals surface area (Å²) in [4.78, 5) is 22.1. The highest BCUT2D eigenvalue weighted by atomic mass is 16.5. The molecule has 0 bridgehead atoms. The van der Waals surface area contributed by atoms with Crippen LogP contribution < -0.4 is 0 Å². The monoisotopic (exact) mass is 302 g/mol. The largest absolute Gasteiger partial charge is 0.462 e. The number of hydrogen-bond donors (Lipinski definition) is 0. The smallest absolute Gasteiger partial charge is 0.330 e. The first-order valence-corrected chi connectivity index (χ1v) is 7.16. The lowest BCUT2D eigenvalue weighted by molar-refractivity contribution is -0.139. The molecule has 0 aliphatic carbocycles. The maximum absolute atomic E-state index is 11.1. The summed E-state index contributed by atoms with van der Waals surface area (Å²) in [5.74, 6) is -0.624. The predicted molar refractivity (Wildman–Crippen MR) is 85.6 cm³/mol. The zero-order chi connectivity index (χ0) is 16.5. The van der Waals surface area contributed by atoms with Crippen molar-refractivity contribution in [2.24, 2.45) is 0 Å². The molecule has 0 heterocycles. The van der Waals surface area contributed by atoms with Gasteiger partial charge in [-0.05, 0) is 11.1 Å². The lowest BCUT2D eigenvalue weighted by Gasteiger charge is -2.15. The van der Waals surface area contributed by atoms with Gasteiger partial charge in [0.25, 0.3) is 0 Å². The van der Waals surface area contributed by atoms with Gasteiger partial charge in [-0.2, -0.15) is 0 Å². The Hall–Kier alpha value is -2.36. The maximum Gasteiger partial charge on any atom is 0.330 e. The van der Waals surface area contributed by atoms with Crippen LogP contribution in [0.4, 0.5) is 0 Å². The molecule has 2 unspecified atom stereocenters. The van der Waals surface area contributed by atoms with E-state index in [4.69, 9.17) is 9.47 Å². The fourth-order valence-electron chi connectivity index (χ4n) is 1.88. The molecule has 1 aromatic rings. The Bertz CT molecular complexity index is 482. The highest BCUT2D eigenvalue weighted by Crippen LogP contribution is 2.21. The first-order valence-electron chi connectivity index (χ1n) is 7.16. The van der Waals surface area contributed by atoms with Gasteiger partial charge in [-0.1, -0.05) is 51.3 Å². The van der Waals surface area contributed by atoms with E-state index >= 15 is 0 Å². The van der Waals surface area contributed by atoms with Gasteiger partial charge in [0.05, 0.1) is 13.2 Å². The molecular weight excluding hydrogens is 280 g/mol. The highest BCUT2D eigenvalue weighted by molar-refractivity contribution is 5.81. The van der Waals surface area contributed by atoms with Crippen LogP contribution in [0.3, 0.4) is 0 Å². The topological polar surface area (TPSA) is 52.6 Å². The molecule has 118 valence electrons. The molecular formula is C18H22O4. The van der Waals surface area contributed by atoms with Gasteiger partial charge < -0.3 is 9.47 Å². The lowest BCUT2D eigenvalue weighted by Crippen LogP contribution is -2.10. The summed E-state index contributed by atoms with van der Waals surface area (Å²) in [6, 6.07) is 7.97. The van der Waals surface area contributed by atoms with Crippen LogP contribution in [0.2, 0.25) is 0 Å². The first-order chi connectivity index (χ1) is 10.5. The van der Waals surface area contributed by atoms with Gasteiger partial charge in [0.1, 0.15) is 0 Å². The van der Waals surface area contributed by atoms with E-state index in [1.807, 2.05) is 38.1 Å². The zero-order valence-corrected chi connectivity index (χ0v) is 13.1. The Morgan fingerprint density at radius 3 is 1.50 bits per heavy atom. The van der Waals surface area contributed by atoms with Gasteiger partial charge in [-0.3, -0.25) is 0 Å². The molecule has 0 radical (unpaired) electrons. The molecule has 0 N–H and O–H groups in total. The highest BCUT2D eigenvalue weighted by Gasteiger charge is 2.11. The van der Waals surface area contributed by atoms with Gasteiger partial charge in [0.2, 0.25) is 0 Å². The maximum atomic E-state index is 11.1. The van der Waals surface area contributed by atoms with Crippen molar-refractivity contribution >= 4 is 11.9 Å². The fourth-order valence-corrected chi connectivity index (χ4v) is 1.88. The van der Waals surface area contributed by atoms with Crippen molar-refractivity contribution < 1.29 is 19.1 Å². The normalized spacial score (nSPS) is 12.8. The zero-order valence-electron chi connectivity index (χ0n) is 13.1. The molecule has 22 heavy (non-hydrogen) atoms. The van der Waals surface area contributed by atoms with Crippen LogP contribution in [0.1, 0.15) is 36.8 Å². The summed E-state index contributed by atoms with van der Waals surface area (Å²) in [7, 11) is 0. The molecule has 0 spiro atoms. The average molecular weight is 302 g/mol. The molecule has 0 fully saturated rings. The molecule has 1 aromatic carbocycles. The molecule has 0 saturated heterocycles. The molecule has 0 amide bonds. The standard InChI is InChI=1S/C18H22O4/c1-5-17(19)21-11-13(3)15-7-9-16(10-8-15)14(4)12-22-18(20)6-2/h5-10,13-14H,1-2,11-12H2,3-4H3. The van der Waals surface area contributed by atoms with Gasteiger partial charge in [0, 0.05) is 24.0 Å². The van der Waals surface area contributed by atoms with E-state index in [9.17, 15) is 9.59 Å². The van der Waals surface area contributed by atoms with Crippen molar-refractivity contribution in [1.29, 1.82) is 0 Å². The predicted octanol–water partition coefficient (Wildman–Crippen LogP) is 3.35. The number of hydrogen-bond acceptors (Lipinski definition) is 4. The number of rotatable bonds is 8. The van der Waals surface area contributed by atoms with E-state index in [0.29, 0.717) is 13.2 Å². The Labute approximate surface area is 131 Å². The van der Waals surface area contributed by atoms with Crippen LogP contribution in [0.5, 0.6) is 0 Å². The summed E-state index contributed by atoms with van der Waals surface area (Å²) in [6.07, 6.45) is 2.31. The minimum absolute atomic E-state index is 0.104. The first kappa shape index (κ1) is 17.7. The van der Waals surface area contributed by atoms with E-state index < -0.39 is 11.9 Å². The van der Waals surface area contributed by atoms with Crippen molar-refractivity contribution in [1.82, 2.24) is 0 Å². The quantitative estimate of drug-likeness (QED) is 0.546. The number of benzene rings is 1. The van der Waals surface area contributed by atoms with Crippen LogP contribution >= 0.6 is 0 Å². The van der Waals surface area contributed by atoms with Crippen molar-refractivity contribution in [3.8, 4) is 0 Å². The third-order valence-electron chi connectivity index (χ3n) is 3.36. The molecule has 0 aromatic heterocycles. The van der Waals surface area contributed by atoms with Crippen LogP contribution in [0, 0.1) is 0 Å². The summed E-state index contributed by atoms with van der Waals surface area (Å²) in [5.41, 5.74) is 2.16. The van der Waals surface area contributed by atoms with E-state index in [1.165, 1.54) is 0 Å². The minimum atomic E-state index is -0.416. The van der Waals surface area contributed by atoms with E-state index in [0.717, 1.165) is 23.3 Å². The van der Waals surface area contributed by atoms with Gasteiger partial charge in [-0.15, -0.1) is 0 Å². The second kappa shape index (κ2) is 8.82.